The van der Waals surface area contributed by atoms with E-state index in [1.165, 1.54) is 15.3 Å². The Balaban J connectivity index is 0.00000216. The van der Waals surface area contributed by atoms with Gasteiger partial charge in [0.15, 0.2) is 0 Å². The number of nitrogens with zero attached hydrogens (tertiary/aromatic N) is 3. The van der Waals surface area contributed by atoms with Crippen LogP contribution in [0, 0.1) is 0 Å². The van der Waals surface area contributed by atoms with Gasteiger partial charge in [-0.15, -0.1) is 23.7 Å². The highest BCUT2D eigenvalue weighted by Gasteiger charge is 2.44. The number of thiophene rings is 1. The van der Waals surface area contributed by atoms with Crippen LogP contribution < -0.4 is 5.32 Å². The highest BCUT2D eigenvalue weighted by Crippen LogP contribution is 2.47. The molecule has 1 spiro atoms. The van der Waals surface area contributed by atoms with Crippen molar-refractivity contribution in [2.45, 2.75) is 43.4 Å². The highest BCUT2D eigenvalue weighted by atomic mass is 35.5. The van der Waals surface area contributed by atoms with Crippen LogP contribution in [0.1, 0.15) is 29.7 Å². The molecule has 3 aliphatic heterocycles. The summed E-state index contributed by atoms with van der Waals surface area (Å²) in [5, 5.41) is 17.4. The first-order valence-electron chi connectivity index (χ1n) is 11.0. The fourth-order valence-electron chi connectivity index (χ4n) is 5.27. The molecule has 2 atom stereocenters. The zero-order valence-electron chi connectivity index (χ0n) is 17.7. The van der Waals surface area contributed by atoms with Crippen molar-refractivity contribution in [2.75, 3.05) is 26.2 Å². The number of halogens is 1. The third kappa shape index (κ3) is 3.54. The fourth-order valence-corrected chi connectivity index (χ4v) is 6.69. The molecule has 0 aromatic carbocycles. The van der Waals surface area contributed by atoms with Gasteiger partial charge in [0.2, 0.25) is 5.91 Å². The second kappa shape index (κ2) is 8.43. The molecule has 2 N–H and O–H groups in total. The standard InChI is InChI=1S/C23H26N4O3S.ClH/c28-17-13-18(24-14-17)22(29)26-9-6-23(7-10-26)21-15(5-11-30-23)12-20(31-21)19-3-1-2-16-4-8-25-27(16)19;/h1-4,8,12,17-18,24,28H,5-7,9-11,13-14H2;1H/t17-,18+;/m1./s1. The molecule has 3 aliphatic rings. The van der Waals surface area contributed by atoms with E-state index in [-0.39, 0.29) is 30.0 Å². The predicted molar refractivity (Wildman–Crippen MR) is 125 cm³/mol. The summed E-state index contributed by atoms with van der Waals surface area (Å²) in [4.78, 5) is 17.3. The molecule has 0 radical (unpaired) electrons. The Kier molecular flexibility index (Phi) is 5.75. The normalized spacial score (nSPS) is 24.5. The van der Waals surface area contributed by atoms with Gasteiger partial charge in [-0.3, -0.25) is 4.79 Å². The fraction of sp³-hybridized carbons (Fsp3) is 0.478. The molecule has 7 nitrogen and oxygen atoms in total. The van der Waals surface area contributed by atoms with Crippen molar-refractivity contribution in [2.24, 2.45) is 0 Å². The average molecular weight is 475 g/mol. The first kappa shape index (κ1) is 21.9. The van der Waals surface area contributed by atoms with Crippen LogP contribution in [-0.2, 0) is 21.6 Å². The van der Waals surface area contributed by atoms with Gasteiger partial charge in [-0.25, -0.2) is 4.52 Å². The molecular formula is C23H27ClN4O3S. The number of rotatable bonds is 2. The molecule has 0 aliphatic carbocycles. The Morgan fingerprint density at radius 2 is 2.12 bits per heavy atom. The number of fused-ring (bicyclic) bond motifs is 3. The van der Waals surface area contributed by atoms with Gasteiger partial charge in [-0.05, 0) is 55.5 Å². The maximum Gasteiger partial charge on any atom is 0.239 e. The number of ether oxygens (including phenoxy) is 1. The Bertz CT molecular complexity index is 1140. The smallest absolute Gasteiger partial charge is 0.239 e. The van der Waals surface area contributed by atoms with E-state index in [2.05, 4.69) is 34.7 Å². The number of aromatic nitrogens is 2. The highest BCUT2D eigenvalue weighted by molar-refractivity contribution is 7.15. The maximum atomic E-state index is 12.9. The monoisotopic (exact) mass is 474 g/mol. The SMILES string of the molecule is Cl.O=C([C@@H]1C[C@@H](O)CN1)N1CCC2(CC1)OCCc1cc(-c3cccc4ccnn34)sc12. The van der Waals surface area contributed by atoms with Gasteiger partial charge in [-0.2, -0.15) is 5.10 Å². The molecule has 0 bridgehead atoms. The minimum atomic E-state index is -0.418. The lowest BCUT2D eigenvalue weighted by molar-refractivity contribution is -0.142. The summed E-state index contributed by atoms with van der Waals surface area (Å²) in [5.41, 5.74) is 3.27. The summed E-state index contributed by atoms with van der Waals surface area (Å²) in [6.07, 6.45) is 4.48. The van der Waals surface area contributed by atoms with Crippen molar-refractivity contribution >= 4 is 35.2 Å². The molecule has 1 amide bonds. The van der Waals surface area contributed by atoms with Crippen molar-refractivity contribution < 1.29 is 14.6 Å². The van der Waals surface area contributed by atoms with Gasteiger partial charge in [0.1, 0.15) is 5.60 Å². The Morgan fingerprint density at radius 3 is 2.91 bits per heavy atom. The lowest BCUT2D eigenvalue weighted by Crippen LogP contribution is -2.51. The van der Waals surface area contributed by atoms with Gasteiger partial charge in [-0.1, -0.05) is 6.07 Å². The third-order valence-electron chi connectivity index (χ3n) is 6.93. The second-order valence-corrected chi connectivity index (χ2v) is 9.86. The Morgan fingerprint density at radius 1 is 1.28 bits per heavy atom. The van der Waals surface area contributed by atoms with Crippen molar-refractivity contribution in [1.82, 2.24) is 19.8 Å². The largest absolute Gasteiger partial charge is 0.392 e. The summed E-state index contributed by atoms with van der Waals surface area (Å²) in [6.45, 7) is 2.60. The molecule has 3 aromatic heterocycles. The first-order valence-corrected chi connectivity index (χ1v) is 11.9. The van der Waals surface area contributed by atoms with E-state index in [9.17, 15) is 9.90 Å². The summed E-state index contributed by atoms with van der Waals surface area (Å²) >= 11 is 1.81. The summed E-state index contributed by atoms with van der Waals surface area (Å²) in [6, 6.07) is 10.3. The number of aliphatic hydroxyl groups is 1. The van der Waals surface area contributed by atoms with Crippen molar-refractivity contribution in [3.05, 3.63) is 47.0 Å². The van der Waals surface area contributed by atoms with Crippen LogP contribution in [0.3, 0.4) is 0 Å². The Hall–Kier alpha value is -1.97. The van der Waals surface area contributed by atoms with E-state index < -0.39 is 6.10 Å². The number of aliphatic hydroxyl groups excluding tert-OH is 1. The molecule has 2 fully saturated rings. The van der Waals surface area contributed by atoms with E-state index >= 15 is 0 Å². The minimum Gasteiger partial charge on any atom is -0.392 e. The number of hydrogen-bond donors (Lipinski definition) is 2. The van der Waals surface area contributed by atoms with E-state index in [0.29, 0.717) is 26.1 Å². The predicted octanol–water partition coefficient (Wildman–Crippen LogP) is 2.60. The lowest BCUT2D eigenvalue weighted by Gasteiger charge is -2.44. The number of pyridine rings is 1. The molecule has 0 saturated carbocycles. The molecule has 32 heavy (non-hydrogen) atoms. The quantitative estimate of drug-likeness (QED) is 0.597. The number of likely N-dealkylation sites (tertiary alicyclic amines) is 1. The third-order valence-corrected chi connectivity index (χ3v) is 8.32. The second-order valence-electron chi connectivity index (χ2n) is 8.81. The van der Waals surface area contributed by atoms with Crippen LogP contribution in [-0.4, -0.2) is 63.9 Å². The van der Waals surface area contributed by atoms with E-state index in [1.807, 2.05) is 33.0 Å². The van der Waals surface area contributed by atoms with Crippen LogP contribution in [0.4, 0.5) is 0 Å². The lowest BCUT2D eigenvalue weighted by atomic mass is 9.85. The molecule has 2 saturated heterocycles. The first-order chi connectivity index (χ1) is 15.1. The molecule has 0 unspecified atom stereocenters. The number of hydrogen-bond acceptors (Lipinski definition) is 6. The molecule has 170 valence electrons. The van der Waals surface area contributed by atoms with E-state index in [4.69, 9.17) is 4.74 Å². The number of piperidine rings is 1. The van der Waals surface area contributed by atoms with Gasteiger partial charge < -0.3 is 20.1 Å². The molecule has 9 heteroatoms. The molecule has 3 aromatic rings. The number of β-amino-alcohol motifs (C(OH)–C–C–N with tert-alkyl or cyclic N) is 1. The van der Waals surface area contributed by atoms with Gasteiger partial charge in [0, 0.05) is 24.5 Å². The van der Waals surface area contributed by atoms with Gasteiger partial charge in [0.05, 0.1) is 41.0 Å². The molecule has 6 heterocycles. The van der Waals surface area contributed by atoms with Crippen molar-refractivity contribution in [1.29, 1.82) is 0 Å². The maximum absolute atomic E-state index is 12.9. The van der Waals surface area contributed by atoms with Crippen LogP contribution in [0.25, 0.3) is 16.1 Å². The minimum absolute atomic E-state index is 0. The molecule has 6 rings (SSSR count). The topological polar surface area (TPSA) is 79.1 Å². The summed E-state index contributed by atoms with van der Waals surface area (Å²) < 4.78 is 8.41. The summed E-state index contributed by atoms with van der Waals surface area (Å²) in [7, 11) is 0. The average Bonchev–Trinajstić information content (AvgIpc) is 3.53. The van der Waals surface area contributed by atoms with E-state index in [1.54, 1.807) is 0 Å². The zero-order chi connectivity index (χ0) is 21.0. The Labute approximate surface area is 196 Å². The van der Waals surface area contributed by atoms with Crippen molar-refractivity contribution in [3.63, 3.8) is 0 Å². The zero-order valence-corrected chi connectivity index (χ0v) is 19.3. The van der Waals surface area contributed by atoms with Crippen LogP contribution >= 0.6 is 23.7 Å². The van der Waals surface area contributed by atoms with Crippen LogP contribution in [0.2, 0.25) is 0 Å². The number of amides is 1. The number of carbonyl (C=O) groups is 1. The number of carbonyl (C=O) groups excluding carboxylic acids is 1. The van der Waals surface area contributed by atoms with Gasteiger partial charge >= 0.3 is 0 Å². The summed E-state index contributed by atoms with van der Waals surface area (Å²) in [5.74, 6) is 0.111. The van der Waals surface area contributed by atoms with Crippen molar-refractivity contribution in [3.8, 4) is 10.6 Å². The van der Waals surface area contributed by atoms with Crippen LogP contribution in [0.5, 0.6) is 0 Å². The van der Waals surface area contributed by atoms with Crippen LogP contribution in [0.15, 0.2) is 36.5 Å². The number of nitrogens with one attached hydrogen (secondary N) is 1. The molecular weight excluding hydrogens is 448 g/mol. The van der Waals surface area contributed by atoms with Gasteiger partial charge in [0.25, 0.3) is 0 Å². The van der Waals surface area contributed by atoms with E-state index in [0.717, 1.165) is 37.1 Å².